The molecule has 0 spiro atoms. The van der Waals surface area contributed by atoms with Gasteiger partial charge in [-0.05, 0) is 48.5 Å². The Morgan fingerprint density at radius 3 is 2.15 bits per heavy atom. The van der Waals surface area contributed by atoms with Crippen molar-refractivity contribution in [3.8, 4) is 11.4 Å². The van der Waals surface area contributed by atoms with Crippen LogP contribution in [0.2, 0.25) is 15.1 Å². The van der Waals surface area contributed by atoms with Crippen molar-refractivity contribution in [2.75, 3.05) is 10.6 Å². The van der Waals surface area contributed by atoms with Gasteiger partial charge >= 0.3 is 0 Å². The van der Waals surface area contributed by atoms with Crippen molar-refractivity contribution in [3.05, 3.63) is 134 Å². The van der Waals surface area contributed by atoms with Gasteiger partial charge in [0, 0.05) is 23.9 Å². The van der Waals surface area contributed by atoms with E-state index in [0.717, 1.165) is 5.69 Å². The van der Waals surface area contributed by atoms with E-state index in [4.69, 9.17) is 34.8 Å². The van der Waals surface area contributed by atoms with Crippen LogP contribution in [0.5, 0.6) is 0 Å². The zero-order chi connectivity index (χ0) is 27.5. The van der Waals surface area contributed by atoms with Crippen molar-refractivity contribution >= 4 is 58.1 Å². The highest BCUT2D eigenvalue weighted by Gasteiger charge is 2.17. The summed E-state index contributed by atoms with van der Waals surface area (Å²) in [6.45, 7) is 0. The van der Waals surface area contributed by atoms with Gasteiger partial charge in [-0.25, -0.2) is 4.68 Å². The lowest BCUT2D eigenvalue weighted by molar-refractivity contribution is 0.101. The lowest BCUT2D eigenvalue weighted by atomic mass is 10.1. The number of nitrogens with zero attached hydrogens (tertiary/aromatic N) is 3. The number of carbonyl (C=O) groups excluding carboxylic acids is 2. The van der Waals surface area contributed by atoms with E-state index in [1.54, 1.807) is 35.1 Å². The smallest absolute Gasteiger partial charge is 0.257 e. The molecule has 8 nitrogen and oxygen atoms in total. The molecule has 2 heterocycles. The summed E-state index contributed by atoms with van der Waals surface area (Å²) in [5.74, 6) is -0.525. The predicted molar refractivity (Wildman–Crippen MR) is 153 cm³/mol. The Hall–Kier alpha value is -4.37. The number of aromatic nitrogens is 3. The van der Waals surface area contributed by atoms with Gasteiger partial charge in [-0.15, -0.1) is 0 Å². The van der Waals surface area contributed by atoms with E-state index >= 15 is 0 Å². The average Bonchev–Trinajstić information content (AvgIpc) is 3.39. The van der Waals surface area contributed by atoms with Crippen LogP contribution in [0.3, 0.4) is 0 Å². The second-order valence-corrected chi connectivity index (χ2v) is 9.48. The maximum absolute atomic E-state index is 13.1. The largest absolute Gasteiger partial charge is 0.321 e. The molecule has 5 rings (SSSR count). The van der Waals surface area contributed by atoms with Gasteiger partial charge in [-0.2, -0.15) is 5.10 Å². The first kappa shape index (κ1) is 26.2. The van der Waals surface area contributed by atoms with Gasteiger partial charge in [0.15, 0.2) is 0 Å². The van der Waals surface area contributed by atoms with Crippen LogP contribution in [0.25, 0.3) is 11.4 Å². The Bertz CT molecular complexity index is 1750. The summed E-state index contributed by atoms with van der Waals surface area (Å²) in [6.07, 6.45) is 2.91. The zero-order valence-electron chi connectivity index (χ0n) is 19.9. The summed E-state index contributed by atoms with van der Waals surface area (Å²) in [5, 5.41) is 10.5. The zero-order valence-corrected chi connectivity index (χ0v) is 22.2. The second kappa shape index (κ2) is 11.2. The lowest BCUT2D eigenvalue weighted by Gasteiger charge is -2.13. The molecule has 2 amide bonds. The Balaban J connectivity index is 1.38. The monoisotopic (exact) mass is 577 g/mol. The minimum atomic E-state index is -0.562. The van der Waals surface area contributed by atoms with Gasteiger partial charge in [-0.3, -0.25) is 19.0 Å². The minimum Gasteiger partial charge on any atom is -0.321 e. The summed E-state index contributed by atoms with van der Waals surface area (Å²) in [7, 11) is 0. The third kappa shape index (κ3) is 5.58. The van der Waals surface area contributed by atoms with E-state index < -0.39 is 17.4 Å². The molecule has 0 unspecified atom stereocenters. The average molecular weight is 579 g/mol. The Labute approximate surface area is 237 Å². The number of carbonyl (C=O) groups is 2. The summed E-state index contributed by atoms with van der Waals surface area (Å²) in [4.78, 5) is 38.7. The number of nitrogens with one attached hydrogen (secondary N) is 2. The number of para-hydroxylation sites is 2. The highest BCUT2D eigenvalue weighted by molar-refractivity contribution is 6.37. The van der Waals surface area contributed by atoms with Crippen LogP contribution in [-0.2, 0) is 0 Å². The van der Waals surface area contributed by atoms with Crippen LogP contribution >= 0.6 is 34.8 Å². The fraction of sp³-hybridized carbons (Fsp3) is 0. The molecule has 39 heavy (non-hydrogen) atoms. The van der Waals surface area contributed by atoms with E-state index in [9.17, 15) is 14.4 Å². The molecule has 0 radical (unpaired) electrons. The molecule has 11 heteroatoms. The van der Waals surface area contributed by atoms with Crippen molar-refractivity contribution in [3.63, 3.8) is 0 Å². The molecule has 0 saturated heterocycles. The number of rotatable bonds is 6. The first-order chi connectivity index (χ1) is 18.8. The fourth-order valence-electron chi connectivity index (χ4n) is 3.83. The van der Waals surface area contributed by atoms with Crippen molar-refractivity contribution in [2.45, 2.75) is 0 Å². The van der Waals surface area contributed by atoms with Crippen LogP contribution in [0.15, 0.2) is 102 Å². The van der Waals surface area contributed by atoms with Gasteiger partial charge in [0.05, 0.1) is 43.9 Å². The van der Waals surface area contributed by atoms with Crippen molar-refractivity contribution in [2.24, 2.45) is 0 Å². The van der Waals surface area contributed by atoms with Crippen LogP contribution in [0.1, 0.15) is 20.7 Å². The molecule has 5 aromatic rings. The number of amides is 2. The highest BCUT2D eigenvalue weighted by atomic mass is 35.5. The maximum Gasteiger partial charge on any atom is 0.257 e. The third-order valence-electron chi connectivity index (χ3n) is 5.71. The Morgan fingerprint density at radius 1 is 0.718 bits per heavy atom. The summed E-state index contributed by atoms with van der Waals surface area (Å²) in [5.41, 5.74) is 1.22. The topological polar surface area (TPSA) is 98.0 Å². The number of hydrogen-bond acceptors (Lipinski definition) is 4. The third-order valence-corrected chi connectivity index (χ3v) is 6.65. The van der Waals surface area contributed by atoms with E-state index in [1.165, 1.54) is 41.1 Å². The van der Waals surface area contributed by atoms with E-state index in [1.807, 2.05) is 30.3 Å². The standard InChI is InChI=1S/C28H18Cl3N5O3/c29-20-11-9-17(27(38)34-24-13-14-32-36(24)19-5-2-1-3-6-19)15-23(20)33-28(39)18-10-12-25(37)35(16-18)26-21(30)7-4-8-22(26)31/h1-16H,(H,33,39)(H,34,38). The Morgan fingerprint density at radius 2 is 1.41 bits per heavy atom. The SMILES string of the molecule is O=C(Nc1cc(C(=O)Nc2ccnn2-c2ccccc2)ccc1Cl)c1ccc(=O)n(-c2c(Cl)cccc2Cl)c1. The normalized spacial score (nSPS) is 10.7. The fourth-order valence-corrected chi connectivity index (χ4v) is 4.58. The molecule has 3 aromatic carbocycles. The molecule has 2 N–H and O–H groups in total. The van der Waals surface area contributed by atoms with Gasteiger partial charge < -0.3 is 10.6 Å². The first-order valence-electron chi connectivity index (χ1n) is 11.5. The second-order valence-electron chi connectivity index (χ2n) is 8.26. The number of halogens is 3. The molecule has 0 atom stereocenters. The lowest BCUT2D eigenvalue weighted by Crippen LogP contribution is -2.21. The van der Waals surface area contributed by atoms with E-state index in [0.29, 0.717) is 5.82 Å². The predicted octanol–water partition coefficient (Wildman–Crippen LogP) is 6.49. The van der Waals surface area contributed by atoms with Crippen LogP contribution in [0.4, 0.5) is 11.5 Å². The molecular weight excluding hydrogens is 561 g/mol. The molecule has 194 valence electrons. The van der Waals surface area contributed by atoms with E-state index in [-0.39, 0.29) is 37.6 Å². The summed E-state index contributed by atoms with van der Waals surface area (Å²) >= 11 is 18.8. The molecule has 0 aliphatic carbocycles. The van der Waals surface area contributed by atoms with Gasteiger partial charge in [0.25, 0.3) is 17.4 Å². The number of hydrogen-bond donors (Lipinski definition) is 2. The van der Waals surface area contributed by atoms with E-state index in [2.05, 4.69) is 15.7 Å². The molecule has 0 aliphatic rings. The van der Waals surface area contributed by atoms with Crippen LogP contribution in [-0.4, -0.2) is 26.2 Å². The van der Waals surface area contributed by atoms with Gasteiger partial charge in [0.2, 0.25) is 0 Å². The molecule has 0 bridgehead atoms. The van der Waals surface area contributed by atoms with Crippen molar-refractivity contribution in [1.29, 1.82) is 0 Å². The number of anilines is 2. The highest BCUT2D eigenvalue weighted by Crippen LogP contribution is 2.28. The minimum absolute atomic E-state index is 0.142. The van der Waals surface area contributed by atoms with Gasteiger partial charge in [-0.1, -0.05) is 59.1 Å². The Kier molecular flexibility index (Phi) is 7.51. The van der Waals surface area contributed by atoms with Gasteiger partial charge in [0.1, 0.15) is 5.82 Å². The quantitative estimate of drug-likeness (QED) is 0.241. The van der Waals surface area contributed by atoms with Crippen LogP contribution < -0.4 is 16.2 Å². The molecule has 0 fully saturated rings. The summed E-state index contributed by atoms with van der Waals surface area (Å²) in [6, 6.07) is 22.9. The maximum atomic E-state index is 13.1. The number of pyridine rings is 1. The molecule has 2 aromatic heterocycles. The first-order valence-corrected chi connectivity index (χ1v) is 12.6. The molecular formula is C28H18Cl3N5O3. The molecule has 0 aliphatic heterocycles. The molecule has 0 saturated carbocycles. The number of benzene rings is 3. The summed E-state index contributed by atoms with van der Waals surface area (Å²) < 4.78 is 2.79. The van der Waals surface area contributed by atoms with Crippen molar-refractivity contribution in [1.82, 2.24) is 14.3 Å². The van der Waals surface area contributed by atoms with Crippen LogP contribution in [0, 0.1) is 0 Å². The van der Waals surface area contributed by atoms with Crippen molar-refractivity contribution < 1.29 is 9.59 Å².